The summed E-state index contributed by atoms with van der Waals surface area (Å²) in [7, 11) is 0. The summed E-state index contributed by atoms with van der Waals surface area (Å²) >= 11 is 1.81. The van der Waals surface area contributed by atoms with Gasteiger partial charge in [-0.25, -0.2) is 19.9 Å². The molecule has 3 heterocycles. The van der Waals surface area contributed by atoms with Crippen LogP contribution in [0.3, 0.4) is 0 Å². The van der Waals surface area contributed by atoms with Crippen molar-refractivity contribution in [2.24, 2.45) is 0 Å². The minimum absolute atomic E-state index is 0.280. The second-order valence-corrected chi connectivity index (χ2v) is 15.6. The Balaban J connectivity index is 1.05. The van der Waals surface area contributed by atoms with Crippen LogP contribution in [0.4, 0.5) is 0 Å². The van der Waals surface area contributed by atoms with Gasteiger partial charge >= 0.3 is 0 Å². The summed E-state index contributed by atoms with van der Waals surface area (Å²) in [5.41, 5.74) is 12.7. The standard InChI is InChI=1S/C49H32N4OS/c1-49(2)39-28-32(24-25-34(39)35-26-27-40-42(41(35)49)50-48(54-40)31-18-10-5-11-19-31)33-20-12-21-36-37-22-13-23-38(44(37)55-43(33)36)47-52-45(29-14-6-3-7-15-29)51-46(53-47)30-16-8-4-9-17-30/h3-28H,1-2H3. The van der Waals surface area contributed by atoms with Gasteiger partial charge < -0.3 is 4.42 Å². The topological polar surface area (TPSA) is 64.7 Å². The average Bonchev–Trinajstić information content (AvgIpc) is 3.92. The Morgan fingerprint density at radius 2 is 1.02 bits per heavy atom. The Hall–Kier alpha value is -6.76. The fourth-order valence-corrected chi connectivity index (χ4v) is 9.65. The second-order valence-electron chi connectivity index (χ2n) is 14.6. The molecule has 7 aromatic carbocycles. The third-order valence-corrected chi connectivity index (χ3v) is 12.3. The van der Waals surface area contributed by atoms with E-state index in [-0.39, 0.29) is 5.41 Å². The first-order valence-corrected chi connectivity index (χ1v) is 19.3. The normalized spacial score (nSPS) is 13.1. The molecule has 0 atom stereocenters. The number of oxazole rings is 1. The maximum absolute atomic E-state index is 6.32. The monoisotopic (exact) mass is 724 g/mol. The van der Waals surface area contributed by atoms with E-state index in [1.165, 1.54) is 48.9 Å². The van der Waals surface area contributed by atoms with Crippen molar-refractivity contribution in [1.82, 2.24) is 19.9 Å². The Bertz CT molecular complexity index is 3050. The van der Waals surface area contributed by atoms with Crippen molar-refractivity contribution >= 4 is 42.6 Å². The largest absolute Gasteiger partial charge is 0.436 e. The van der Waals surface area contributed by atoms with Crippen LogP contribution < -0.4 is 0 Å². The number of benzene rings is 7. The molecular formula is C49H32N4OS. The lowest BCUT2D eigenvalue weighted by Gasteiger charge is -2.22. The Morgan fingerprint density at radius 3 is 1.67 bits per heavy atom. The highest BCUT2D eigenvalue weighted by Crippen LogP contribution is 2.53. The first-order chi connectivity index (χ1) is 27.0. The summed E-state index contributed by atoms with van der Waals surface area (Å²) in [5, 5.41) is 2.42. The van der Waals surface area contributed by atoms with Gasteiger partial charge in [0.25, 0.3) is 0 Å². The summed E-state index contributed by atoms with van der Waals surface area (Å²) in [5.74, 6) is 2.63. The van der Waals surface area contributed by atoms with E-state index in [9.17, 15) is 0 Å². The van der Waals surface area contributed by atoms with E-state index in [0.717, 1.165) is 38.1 Å². The lowest BCUT2D eigenvalue weighted by Crippen LogP contribution is -2.15. The molecule has 1 aliphatic carbocycles. The molecule has 3 aromatic heterocycles. The molecule has 0 radical (unpaired) electrons. The summed E-state index contributed by atoms with van der Waals surface area (Å²) < 4.78 is 8.72. The number of nitrogens with zero attached hydrogens (tertiary/aromatic N) is 4. The molecule has 0 N–H and O–H groups in total. The van der Waals surface area contributed by atoms with Gasteiger partial charge in [-0.1, -0.05) is 141 Å². The van der Waals surface area contributed by atoms with Gasteiger partial charge in [0, 0.05) is 47.8 Å². The van der Waals surface area contributed by atoms with Gasteiger partial charge in [0.05, 0.1) is 0 Å². The Morgan fingerprint density at radius 1 is 0.455 bits per heavy atom. The molecule has 0 saturated heterocycles. The van der Waals surface area contributed by atoms with Crippen LogP contribution in [0.15, 0.2) is 162 Å². The molecule has 10 aromatic rings. The number of aromatic nitrogens is 4. The quantitative estimate of drug-likeness (QED) is 0.177. The minimum Gasteiger partial charge on any atom is -0.436 e. The summed E-state index contributed by atoms with van der Waals surface area (Å²) in [4.78, 5) is 20.2. The van der Waals surface area contributed by atoms with Crippen LogP contribution in [0.5, 0.6) is 0 Å². The van der Waals surface area contributed by atoms with Crippen LogP contribution in [0.1, 0.15) is 25.0 Å². The van der Waals surface area contributed by atoms with Gasteiger partial charge in [0.2, 0.25) is 5.89 Å². The predicted molar refractivity (Wildman–Crippen MR) is 225 cm³/mol. The molecule has 1 aliphatic rings. The number of hydrogen-bond acceptors (Lipinski definition) is 6. The fourth-order valence-electron chi connectivity index (χ4n) is 8.31. The molecule has 260 valence electrons. The van der Waals surface area contributed by atoms with Crippen LogP contribution in [-0.2, 0) is 5.41 Å². The van der Waals surface area contributed by atoms with E-state index in [4.69, 9.17) is 24.4 Å². The van der Waals surface area contributed by atoms with E-state index in [2.05, 4.69) is 80.6 Å². The number of hydrogen-bond donors (Lipinski definition) is 0. The fraction of sp³-hybridized carbons (Fsp3) is 0.0612. The van der Waals surface area contributed by atoms with Crippen molar-refractivity contribution < 1.29 is 4.42 Å². The van der Waals surface area contributed by atoms with Crippen molar-refractivity contribution in [3.63, 3.8) is 0 Å². The molecule has 0 saturated carbocycles. The minimum atomic E-state index is -0.280. The summed E-state index contributed by atoms with van der Waals surface area (Å²) in [6.07, 6.45) is 0. The SMILES string of the molecule is CC1(C)c2cc(-c3cccc4c3sc3c(-c5nc(-c6ccccc6)nc(-c6ccccc6)n5)cccc34)ccc2-c2ccc3oc(-c4ccccc4)nc3c21. The smallest absolute Gasteiger partial charge is 0.227 e. The van der Waals surface area contributed by atoms with Crippen LogP contribution in [0.2, 0.25) is 0 Å². The molecule has 0 fully saturated rings. The third-order valence-electron chi connectivity index (χ3n) is 11.0. The van der Waals surface area contributed by atoms with Gasteiger partial charge in [0.1, 0.15) is 5.52 Å². The molecule has 0 amide bonds. The van der Waals surface area contributed by atoms with Gasteiger partial charge in [0.15, 0.2) is 23.1 Å². The summed E-state index contributed by atoms with van der Waals surface area (Å²) in [6, 6.07) is 54.8. The van der Waals surface area contributed by atoms with Crippen LogP contribution in [-0.4, -0.2) is 19.9 Å². The van der Waals surface area contributed by atoms with Gasteiger partial charge in [-0.15, -0.1) is 11.3 Å². The molecule has 0 unspecified atom stereocenters. The zero-order chi connectivity index (χ0) is 36.7. The molecule has 0 bridgehead atoms. The molecule has 5 nitrogen and oxygen atoms in total. The zero-order valence-electron chi connectivity index (χ0n) is 30.1. The van der Waals surface area contributed by atoms with Crippen LogP contribution >= 0.6 is 11.3 Å². The van der Waals surface area contributed by atoms with Gasteiger partial charge in [-0.2, -0.15) is 0 Å². The number of rotatable bonds is 5. The molecule has 0 spiro atoms. The highest BCUT2D eigenvalue weighted by atomic mass is 32.1. The molecule has 11 rings (SSSR count). The van der Waals surface area contributed by atoms with Gasteiger partial charge in [-0.3, -0.25) is 0 Å². The van der Waals surface area contributed by atoms with E-state index in [1.807, 2.05) is 102 Å². The Kier molecular flexibility index (Phi) is 7.00. The average molecular weight is 725 g/mol. The van der Waals surface area contributed by atoms with E-state index >= 15 is 0 Å². The first kappa shape index (κ1) is 31.7. The lowest BCUT2D eigenvalue weighted by atomic mass is 9.81. The van der Waals surface area contributed by atoms with E-state index < -0.39 is 0 Å². The highest BCUT2D eigenvalue weighted by Gasteiger charge is 2.38. The summed E-state index contributed by atoms with van der Waals surface area (Å²) in [6.45, 7) is 4.62. The number of thiophene rings is 1. The molecule has 55 heavy (non-hydrogen) atoms. The van der Waals surface area contributed by atoms with Crippen molar-refractivity contribution in [1.29, 1.82) is 0 Å². The third kappa shape index (κ3) is 4.99. The van der Waals surface area contributed by atoms with Gasteiger partial charge in [-0.05, 0) is 63.7 Å². The predicted octanol–water partition coefficient (Wildman–Crippen LogP) is 13.0. The van der Waals surface area contributed by atoms with Crippen LogP contribution in [0.25, 0.3) is 99.1 Å². The highest BCUT2D eigenvalue weighted by molar-refractivity contribution is 7.26. The molecule has 0 aliphatic heterocycles. The van der Waals surface area contributed by atoms with E-state index in [1.54, 1.807) is 0 Å². The molecule has 6 heteroatoms. The second kappa shape index (κ2) is 12.1. The lowest BCUT2D eigenvalue weighted by molar-refractivity contribution is 0.619. The van der Waals surface area contributed by atoms with Crippen molar-refractivity contribution in [3.8, 4) is 67.9 Å². The molecular weight excluding hydrogens is 693 g/mol. The number of fused-ring (bicyclic) bond motifs is 8. The Labute approximate surface area is 321 Å². The van der Waals surface area contributed by atoms with Crippen LogP contribution in [0, 0.1) is 0 Å². The van der Waals surface area contributed by atoms with E-state index in [0.29, 0.717) is 23.4 Å². The van der Waals surface area contributed by atoms with Crippen molar-refractivity contribution in [2.45, 2.75) is 19.3 Å². The first-order valence-electron chi connectivity index (χ1n) is 18.5. The maximum Gasteiger partial charge on any atom is 0.227 e. The maximum atomic E-state index is 6.32. The van der Waals surface area contributed by atoms with Crippen molar-refractivity contribution in [2.75, 3.05) is 0 Å². The zero-order valence-corrected chi connectivity index (χ0v) is 30.9. The van der Waals surface area contributed by atoms with Crippen molar-refractivity contribution in [3.05, 3.63) is 169 Å².